The minimum Gasteiger partial charge on any atom is -0.508 e. The van der Waals surface area contributed by atoms with Crippen LogP contribution in [0.4, 0.5) is 0 Å². The van der Waals surface area contributed by atoms with E-state index in [1.807, 2.05) is 0 Å². The number of rotatable bonds is 5. The van der Waals surface area contributed by atoms with E-state index in [0.29, 0.717) is 18.3 Å². The van der Waals surface area contributed by atoms with Gasteiger partial charge in [-0.25, -0.2) is 0 Å². The van der Waals surface area contributed by atoms with Crippen molar-refractivity contribution < 1.29 is 9.90 Å². The van der Waals surface area contributed by atoms with Crippen molar-refractivity contribution in [1.29, 1.82) is 0 Å². The molecule has 1 aromatic heterocycles. The van der Waals surface area contributed by atoms with Crippen LogP contribution in [-0.4, -0.2) is 42.8 Å². The van der Waals surface area contributed by atoms with E-state index < -0.39 is 6.04 Å². The number of carbonyl (C=O) groups is 1. The Morgan fingerprint density at radius 1 is 1.25 bits per heavy atom. The summed E-state index contributed by atoms with van der Waals surface area (Å²) >= 11 is 0. The van der Waals surface area contributed by atoms with Crippen molar-refractivity contribution in [2.75, 3.05) is 0 Å². The van der Waals surface area contributed by atoms with Crippen molar-refractivity contribution in [3.8, 4) is 5.75 Å². The number of aromatic hydroxyl groups is 1. The molecule has 4 bridgehead atoms. The van der Waals surface area contributed by atoms with Gasteiger partial charge < -0.3 is 16.2 Å². The highest BCUT2D eigenvalue weighted by Gasteiger charge is 2.60. The van der Waals surface area contributed by atoms with Gasteiger partial charge in [-0.05, 0) is 79.7 Å². The third-order valence-corrected chi connectivity index (χ3v) is 6.92. The number of tetrazole rings is 1. The van der Waals surface area contributed by atoms with Crippen LogP contribution in [0, 0.1) is 11.8 Å². The van der Waals surface area contributed by atoms with Crippen LogP contribution in [0.2, 0.25) is 0 Å². The molecule has 1 amide bonds. The molecule has 0 radical (unpaired) electrons. The van der Waals surface area contributed by atoms with Crippen molar-refractivity contribution in [1.82, 2.24) is 25.5 Å². The second-order valence-electron chi connectivity index (χ2n) is 9.16. The first kappa shape index (κ1) is 17.6. The molecule has 0 aliphatic heterocycles. The number of hydrogen-bond donors (Lipinski definition) is 3. The highest BCUT2D eigenvalue weighted by atomic mass is 16.3. The molecule has 148 valence electrons. The molecule has 1 aromatic carbocycles. The molecule has 4 saturated carbocycles. The smallest absolute Gasteiger partial charge is 0.237 e. The summed E-state index contributed by atoms with van der Waals surface area (Å²) in [5, 5.41) is 25.2. The molecule has 4 N–H and O–H groups in total. The maximum atomic E-state index is 13.0. The summed E-state index contributed by atoms with van der Waals surface area (Å²) in [6.45, 7) is 0. The van der Waals surface area contributed by atoms with E-state index in [2.05, 4.69) is 20.7 Å². The Bertz CT molecular complexity index is 851. The fourth-order valence-corrected chi connectivity index (χ4v) is 6.31. The standard InChI is InChI=1S/C20H26N6O2/c21-17(6-13-1-3-16(27)4-2-13)18(28)24-19-7-14-5-15(8-19)10-20(9-14,11-19)26-23-12-22-25-26/h1-4,12,14-15,17,27H,5-11,21H2,(H,24,28)/t14-,15+,17-,19?,20?/m0/s1. The Morgan fingerprint density at radius 2 is 1.96 bits per heavy atom. The molecular weight excluding hydrogens is 356 g/mol. The fourth-order valence-electron chi connectivity index (χ4n) is 6.31. The van der Waals surface area contributed by atoms with Gasteiger partial charge >= 0.3 is 0 Å². The summed E-state index contributed by atoms with van der Waals surface area (Å²) in [5.74, 6) is 1.28. The number of carbonyl (C=O) groups excluding carboxylic acids is 1. The maximum absolute atomic E-state index is 13.0. The van der Waals surface area contributed by atoms with Crippen LogP contribution < -0.4 is 11.1 Å². The topological polar surface area (TPSA) is 119 Å². The van der Waals surface area contributed by atoms with E-state index in [1.54, 1.807) is 29.1 Å². The van der Waals surface area contributed by atoms with Gasteiger partial charge in [0, 0.05) is 5.54 Å². The summed E-state index contributed by atoms with van der Waals surface area (Å²) < 4.78 is 0. The highest BCUT2D eigenvalue weighted by Crippen LogP contribution is 2.60. The van der Waals surface area contributed by atoms with Gasteiger partial charge in [0.2, 0.25) is 5.91 Å². The van der Waals surface area contributed by atoms with Crippen LogP contribution in [0.5, 0.6) is 5.75 Å². The number of hydrogen-bond acceptors (Lipinski definition) is 6. The molecule has 0 saturated heterocycles. The average Bonchev–Trinajstić information content (AvgIpc) is 3.18. The van der Waals surface area contributed by atoms with Gasteiger partial charge in [0.1, 0.15) is 5.75 Å². The average molecular weight is 382 g/mol. The van der Waals surface area contributed by atoms with E-state index in [9.17, 15) is 9.90 Å². The number of amides is 1. The lowest BCUT2D eigenvalue weighted by atomic mass is 9.50. The number of nitrogens with zero attached hydrogens (tertiary/aromatic N) is 4. The van der Waals surface area contributed by atoms with Gasteiger partial charge in [-0.2, -0.15) is 4.80 Å². The predicted octanol–water partition coefficient (Wildman–Crippen LogP) is 1.11. The van der Waals surface area contributed by atoms with Crippen LogP contribution in [0.15, 0.2) is 30.6 Å². The molecule has 0 spiro atoms. The van der Waals surface area contributed by atoms with Crippen LogP contribution in [0.3, 0.4) is 0 Å². The second-order valence-corrected chi connectivity index (χ2v) is 9.16. The number of benzene rings is 1. The SMILES string of the molecule is N[C@@H](Cc1ccc(O)cc1)C(=O)NC12C[C@H]3C[C@@H](C1)CC(n1ncnn1)(C3)C2. The third-order valence-electron chi connectivity index (χ3n) is 6.92. The van der Waals surface area contributed by atoms with Gasteiger partial charge in [-0.3, -0.25) is 4.79 Å². The molecule has 6 rings (SSSR count). The number of nitrogens with two attached hydrogens (primary N) is 1. The molecule has 4 aliphatic carbocycles. The van der Waals surface area contributed by atoms with Crippen LogP contribution >= 0.6 is 0 Å². The van der Waals surface area contributed by atoms with Crippen LogP contribution in [-0.2, 0) is 16.8 Å². The highest BCUT2D eigenvalue weighted by molar-refractivity contribution is 5.82. The zero-order valence-corrected chi connectivity index (χ0v) is 15.8. The molecule has 28 heavy (non-hydrogen) atoms. The number of phenols is 1. The lowest BCUT2D eigenvalue weighted by molar-refractivity contribution is -0.132. The van der Waals surface area contributed by atoms with E-state index >= 15 is 0 Å². The minimum atomic E-state index is -0.613. The summed E-state index contributed by atoms with van der Waals surface area (Å²) in [4.78, 5) is 14.7. The second kappa shape index (κ2) is 6.27. The summed E-state index contributed by atoms with van der Waals surface area (Å²) in [6.07, 6.45) is 8.18. The fraction of sp³-hybridized carbons (Fsp3) is 0.600. The minimum absolute atomic E-state index is 0.100. The van der Waals surface area contributed by atoms with E-state index in [1.165, 1.54) is 12.7 Å². The van der Waals surface area contributed by atoms with Crippen molar-refractivity contribution in [2.45, 2.75) is 62.1 Å². The quantitative estimate of drug-likeness (QED) is 0.713. The van der Waals surface area contributed by atoms with Crippen molar-refractivity contribution in [3.05, 3.63) is 36.2 Å². The largest absolute Gasteiger partial charge is 0.508 e. The predicted molar refractivity (Wildman–Crippen MR) is 101 cm³/mol. The van der Waals surface area contributed by atoms with Gasteiger partial charge in [0.05, 0.1) is 11.6 Å². The first-order chi connectivity index (χ1) is 13.5. The Morgan fingerprint density at radius 3 is 2.61 bits per heavy atom. The number of aromatic nitrogens is 4. The monoisotopic (exact) mass is 382 g/mol. The van der Waals surface area contributed by atoms with Crippen molar-refractivity contribution in [3.63, 3.8) is 0 Å². The Kier molecular flexibility index (Phi) is 3.94. The first-order valence-corrected chi connectivity index (χ1v) is 10.0. The Labute approximate surface area is 163 Å². The van der Waals surface area contributed by atoms with E-state index in [0.717, 1.165) is 37.7 Å². The number of phenolic OH excluding ortho intramolecular Hbond substituents is 1. The Balaban J connectivity index is 1.33. The maximum Gasteiger partial charge on any atom is 0.237 e. The zero-order valence-electron chi connectivity index (χ0n) is 15.8. The summed E-state index contributed by atoms with van der Waals surface area (Å²) in [6, 6.07) is 6.23. The van der Waals surface area contributed by atoms with Gasteiger partial charge in [-0.15, -0.1) is 10.2 Å². The van der Waals surface area contributed by atoms with Crippen LogP contribution in [0.25, 0.3) is 0 Å². The lowest BCUT2D eigenvalue weighted by Gasteiger charge is -2.61. The van der Waals surface area contributed by atoms with E-state index in [4.69, 9.17) is 5.73 Å². The molecule has 4 aliphatic rings. The zero-order chi connectivity index (χ0) is 19.4. The molecule has 5 atom stereocenters. The van der Waals surface area contributed by atoms with Gasteiger partial charge in [0.15, 0.2) is 6.33 Å². The molecule has 8 nitrogen and oxygen atoms in total. The lowest BCUT2D eigenvalue weighted by Crippen LogP contribution is -2.67. The molecule has 1 heterocycles. The molecule has 2 unspecified atom stereocenters. The molecular formula is C20H26N6O2. The van der Waals surface area contributed by atoms with Gasteiger partial charge in [-0.1, -0.05) is 12.1 Å². The van der Waals surface area contributed by atoms with Crippen LogP contribution in [0.1, 0.15) is 44.1 Å². The first-order valence-electron chi connectivity index (χ1n) is 10.0. The summed E-state index contributed by atoms with van der Waals surface area (Å²) in [5.41, 5.74) is 6.82. The molecule has 4 fully saturated rings. The summed E-state index contributed by atoms with van der Waals surface area (Å²) in [7, 11) is 0. The van der Waals surface area contributed by atoms with Crippen molar-refractivity contribution in [2.24, 2.45) is 17.6 Å². The third kappa shape index (κ3) is 2.96. The van der Waals surface area contributed by atoms with Crippen molar-refractivity contribution >= 4 is 5.91 Å². The van der Waals surface area contributed by atoms with E-state index in [-0.39, 0.29) is 22.7 Å². The number of nitrogens with one attached hydrogen (secondary N) is 1. The normalized spacial score (nSPS) is 34.3. The van der Waals surface area contributed by atoms with Gasteiger partial charge in [0.25, 0.3) is 0 Å². The molecule has 2 aromatic rings. The Hall–Kier alpha value is -2.48. The molecule has 8 heteroatoms.